The van der Waals surface area contributed by atoms with Crippen molar-refractivity contribution in [2.45, 2.75) is 12.5 Å². The van der Waals surface area contributed by atoms with E-state index in [4.69, 9.17) is 0 Å². The van der Waals surface area contributed by atoms with E-state index in [1.54, 1.807) is 30.3 Å². The van der Waals surface area contributed by atoms with Crippen LogP contribution in [0.2, 0.25) is 0 Å². The summed E-state index contributed by atoms with van der Waals surface area (Å²) in [6.07, 6.45) is -0.905. The van der Waals surface area contributed by atoms with E-state index >= 15 is 0 Å². The van der Waals surface area contributed by atoms with Gasteiger partial charge in [-0.2, -0.15) is 0 Å². The maximum atomic E-state index is 11.7. The highest BCUT2D eigenvalue weighted by Gasteiger charge is 2.29. The van der Waals surface area contributed by atoms with Crippen LogP contribution in [0.5, 0.6) is 0 Å². The molecule has 0 saturated heterocycles. The molecular formula is C13H17N3O7. The van der Waals surface area contributed by atoms with Crippen molar-refractivity contribution in [3.63, 3.8) is 0 Å². The summed E-state index contributed by atoms with van der Waals surface area (Å²) in [5.74, 6) is -1.20. The highest BCUT2D eigenvalue weighted by atomic mass is 16.8. The zero-order valence-corrected chi connectivity index (χ0v) is 12.6. The molecule has 126 valence electrons. The zero-order chi connectivity index (χ0) is 17.2. The van der Waals surface area contributed by atoms with Gasteiger partial charge in [0.2, 0.25) is 5.28 Å². The monoisotopic (exact) mass is 327 g/mol. The van der Waals surface area contributed by atoms with Gasteiger partial charge in [-0.1, -0.05) is 30.3 Å². The third kappa shape index (κ3) is 6.08. The quantitative estimate of drug-likeness (QED) is 0.188. The van der Waals surface area contributed by atoms with Crippen molar-refractivity contribution in [2.75, 3.05) is 21.0 Å². The number of carbonyl (C=O) groups is 2. The number of ether oxygens (including phenoxy) is 2. The normalized spacial score (nSPS) is 12.2. The van der Waals surface area contributed by atoms with Crippen molar-refractivity contribution in [1.82, 2.24) is 5.01 Å². The maximum absolute atomic E-state index is 11.7. The smallest absolute Gasteiger partial charge is 0.510 e. The van der Waals surface area contributed by atoms with Crippen LogP contribution >= 0.6 is 0 Å². The van der Waals surface area contributed by atoms with Gasteiger partial charge in [0.15, 0.2) is 6.04 Å². The predicted octanol–water partition coefficient (Wildman–Crippen LogP) is 1.16. The Balaban J connectivity index is 2.63. The molecule has 0 spiro atoms. The Morgan fingerprint density at radius 1 is 1.39 bits per heavy atom. The van der Waals surface area contributed by atoms with E-state index in [-0.39, 0.29) is 11.4 Å². The minimum absolute atomic E-state index is 0.0393. The number of rotatable bonds is 8. The van der Waals surface area contributed by atoms with Crippen molar-refractivity contribution < 1.29 is 34.0 Å². The Bertz CT molecular complexity index is 550. The minimum atomic E-state index is -1.20. The summed E-state index contributed by atoms with van der Waals surface area (Å²) in [6.45, 7) is -0.643. The van der Waals surface area contributed by atoms with Gasteiger partial charge in [0.1, 0.15) is 0 Å². The number of aliphatic carboxylic acids is 1. The molecule has 0 aliphatic rings. The van der Waals surface area contributed by atoms with Crippen LogP contribution in [-0.4, -0.2) is 54.2 Å². The van der Waals surface area contributed by atoms with E-state index in [1.807, 2.05) is 0 Å². The molecule has 10 nitrogen and oxygen atoms in total. The van der Waals surface area contributed by atoms with Gasteiger partial charge < -0.3 is 24.6 Å². The lowest BCUT2D eigenvalue weighted by Crippen LogP contribution is -2.44. The molecule has 1 N–H and O–H groups in total. The molecule has 10 heteroatoms. The van der Waals surface area contributed by atoms with Crippen LogP contribution in [0.3, 0.4) is 0 Å². The molecule has 23 heavy (non-hydrogen) atoms. The van der Waals surface area contributed by atoms with Crippen LogP contribution in [0.4, 0.5) is 4.79 Å². The molecule has 1 atom stereocenters. The Hall–Kier alpha value is -3.04. The van der Waals surface area contributed by atoms with E-state index in [0.717, 1.165) is 17.7 Å². The second-order valence-corrected chi connectivity index (χ2v) is 4.30. The second kappa shape index (κ2) is 9.07. The first kappa shape index (κ1) is 18.0. The number of nitrogens with zero attached hydrogens (tertiary/aromatic N) is 3. The molecule has 0 saturated carbocycles. The van der Waals surface area contributed by atoms with Gasteiger partial charge in [0.25, 0.3) is 6.79 Å². The first-order chi connectivity index (χ1) is 11.0. The number of hydrazine groups is 1. The van der Waals surface area contributed by atoms with Crippen molar-refractivity contribution in [2.24, 2.45) is 5.28 Å². The fraction of sp³-hybridized carbons (Fsp3) is 0.385. The van der Waals surface area contributed by atoms with Crippen LogP contribution in [0.15, 0.2) is 35.6 Å². The molecule has 0 amide bonds. The SMILES string of the molecule is COC(=O)OCON=[N+]([O-])N(C)[C@@H](Cc1ccccc1)C(=O)O. The summed E-state index contributed by atoms with van der Waals surface area (Å²) in [5, 5.41) is 24.9. The zero-order valence-electron chi connectivity index (χ0n) is 12.6. The van der Waals surface area contributed by atoms with E-state index in [1.165, 1.54) is 7.05 Å². The van der Waals surface area contributed by atoms with E-state index < -0.39 is 25.0 Å². The lowest BCUT2D eigenvalue weighted by atomic mass is 10.1. The second-order valence-electron chi connectivity index (χ2n) is 4.30. The van der Waals surface area contributed by atoms with E-state index in [9.17, 15) is 19.9 Å². The summed E-state index contributed by atoms with van der Waals surface area (Å²) >= 11 is 0. The molecule has 0 radical (unpaired) electrons. The first-order valence-electron chi connectivity index (χ1n) is 6.46. The molecule has 0 bridgehead atoms. The molecule has 1 rings (SSSR count). The van der Waals surface area contributed by atoms with Crippen LogP contribution < -0.4 is 0 Å². The molecule has 0 heterocycles. The number of carboxylic acid groups (broad SMARTS) is 1. The number of benzene rings is 1. The average molecular weight is 327 g/mol. The number of carbonyl (C=O) groups excluding carboxylic acids is 1. The molecule has 1 aromatic carbocycles. The number of carboxylic acids is 1. The summed E-state index contributed by atoms with van der Waals surface area (Å²) in [4.78, 5) is 26.4. The Kier molecular flexibility index (Phi) is 7.11. The van der Waals surface area contributed by atoms with E-state index in [2.05, 4.69) is 19.6 Å². The van der Waals surface area contributed by atoms with Crippen molar-refractivity contribution in [3.05, 3.63) is 41.1 Å². The van der Waals surface area contributed by atoms with Crippen LogP contribution in [0, 0.1) is 5.21 Å². The van der Waals surface area contributed by atoms with Gasteiger partial charge in [0.05, 0.1) is 19.1 Å². The highest BCUT2D eigenvalue weighted by molar-refractivity contribution is 5.73. The average Bonchev–Trinajstić information content (AvgIpc) is 2.56. The van der Waals surface area contributed by atoms with E-state index in [0.29, 0.717) is 0 Å². The van der Waals surface area contributed by atoms with Gasteiger partial charge >= 0.3 is 12.1 Å². The molecule has 0 fully saturated rings. The molecule has 0 aliphatic carbocycles. The van der Waals surface area contributed by atoms with Gasteiger partial charge in [-0.25, -0.2) is 9.59 Å². The summed E-state index contributed by atoms with van der Waals surface area (Å²) in [6, 6.07) is 7.67. The van der Waals surface area contributed by atoms with Gasteiger partial charge in [-0.3, -0.25) is 0 Å². The van der Waals surface area contributed by atoms with Crippen molar-refractivity contribution in [1.29, 1.82) is 0 Å². The van der Waals surface area contributed by atoms with Gasteiger partial charge in [-0.05, 0) is 5.56 Å². The number of methoxy groups -OCH3 is 1. The summed E-state index contributed by atoms with van der Waals surface area (Å²) in [5.41, 5.74) is 0.745. The maximum Gasteiger partial charge on any atom is 0.510 e. The molecule has 1 aromatic rings. The topological polar surface area (TPSA) is 124 Å². The highest BCUT2D eigenvalue weighted by Crippen LogP contribution is 2.09. The Morgan fingerprint density at radius 3 is 2.61 bits per heavy atom. The molecule has 0 aromatic heterocycles. The lowest BCUT2D eigenvalue weighted by molar-refractivity contribution is -0.711. The fourth-order valence-corrected chi connectivity index (χ4v) is 1.60. The molecule has 0 aliphatic heterocycles. The van der Waals surface area contributed by atoms with Gasteiger partial charge in [0, 0.05) is 6.42 Å². The largest absolute Gasteiger partial charge is 0.569 e. The van der Waals surface area contributed by atoms with Crippen LogP contribution in [0.1, 0.15) is 5.56 Å². The summed E-state index contributed by atoms with van der Waals surface area (Å²) in [7, 11) is 2.36. The standard InChI is InChI=1S/C13H17N3O7/c1-15(16(20)14-23-9-22-13(19)21-2)11(12(17)18)8-10-6-4-3-5-7-10/h3-7,11H,8-9H2,1-2H3,(H,17,18)/t11-/m0/s1. The van der Waals surface area contributed by atoms with Crippen molar-refractivity contribution in [3.8, 4) is 0 Å². The molecular weight excluding hydrogens is 310 g/mol. The fourth-order valence-electron chi connectivity index (χ4n) is 1.60. The summed E-state index contributed by atoms with van der Waals surface area (Å²) < 4.78 is 8.53. The Labute approximate surface area is 132 Å². The van der Waals surface area contributed by atoms with Gasteiger partial charge in [-0.15, -0.1) is 5.01 Å². The minimum Gasteiger partial charge on any atom is -0.569 e. The third-order valence-electron chi connectivity index (χ3n) is 2.80. The van der Waals surface area contributed by atoms with Crippen molar-refractivity contribution >= 4 is 12.1 Å². The lowest BCUT2D eigenvalue weighted by Gasteiger charge is -2.20. The number of likely N-dealkylation sites (N-methyl/N-ethyl adjacent to an activating group) is 1. The number of hydrogen-bond acceptors (Lipinski definition) is 7. The predicted molar refractivity (Wildman–Crippen MR) is 74.8 cm³/mol. The van der Waals surface area contributed by atoms with Crippen LogP contribution in [0.25, 0.3) is 0 Å². The van der Waals surface area contributed by atoms with Crippen LogP contribution in [-0.2, 0) is 25.5 Å². The first-order valence-corrected chi connectivity index (χ1v) is 6.46. The molecule has 0 unspecified atom stereocenters. The third-order valence-corrected chi connectivity index (χ3v) is 2.80. The Morgan fingerprint density at radius 2 is 2.04 bits per heavy atom. The number of hydrogen-bond donors (Lipinski definition) is 1.